The molecule has 21 heavy (non-hydrogen) atoms. The van der Waals surface area contributed by atoms with Crippen molar-refractivity contribution in [3.8, 4) is 0 Å². The Bertz CT molecular complexity index is 735. The normalized spacial score (nSPS) is 12.9. The summed E-state index contributed by atoms with van der Waals surface area (Å²) in [5, 5.41) is 8.92. The van der Waals surface area contributed by atoms with Gasteiger partial charge in [-0.2, -0.15) is 4.72 Å². The molecule has 1 aromatic rings. The van der Waals surface area contributed by atoms with Gasteiger partial charge >= 0.3 is 5.97 Å². The number of hydrogen-bond donors (Lipinski definition) is 3. The van der Waals surface area contributed by atoms with Gasteiger partial charge < -0.3 is 5.11 Å². The Kier molecular flexibility index (Phi) is 4.66. The summed E-state index contributed by atoms with van der Waals surface area (Å²) >= 11 is 0. The second kappa shape index (κ2) is 5.62. The fourth-order valence-electron chi connectivity index (χ4n) is 1.35. The minimum absolute atomic E-state index is 0.170. The van der Waals surface area contributed by atoms with Crippen molar-refractivity contribution in [3.63, 3.8) is 0 Å². The zero-order valence-corrected chi connectivity index (χ0v) is 13.2. The lowest BCUT2D eigenvalue weighted by Crippen LogP contribution is -2.49. The predicted molar refractivity (Wildman–Crippen MR) is 76.9 cm³/mol. The van der Waals surface area contributed by atoms with Gasteiger partial charge in [-0.15, -0.1) is 0 Å². The van der Waals surface area contributed by atoms with Crippen molar-refractivity contribution in [1.29, 1.82) is 0 Å². The van der Waals surface area contributed by atoms with E-state index in [1.54, 1.807) is 0 Å². The molecule has 0 atom stereocenters. The van der Waals surface area contributed by atoms with Gasteiger partial charge in [0.15, 0.2) is 0 Å². The van der Waals surface area contributed by atoms with Crippen LogP contribution in [0.3, 0.4) is 0 Å². The van der Waals surface area contributed by atoms with Crippen LogP contribution in [-0.4, -0.2) is 39.7 Å². The Morgan fingerprint density at radius 1 is 1.10 bits per heavy atom. The molecule has 0 aliphatic carbocycles. The van der Waals surface area contributed by atoms with Crippen LogP contribution in [0.15, 0.2) is 29.2 Å². The van der Waals surface area contributed by atoms with Crippen molar-refractivity contribution < 1.29 is 26.7 Å². The average molecular weight is 336 g/mol. The molecule has 0 aromatic heterocycles. The highest BCUT2D eigenvalue weighted by Gasteiger charge is 2.32. The van der Waals surface area contributed by atoms with Crippen molar-refractivity contribution in [2.45, 2.75) is 24.3 Å². The molecular formula is C11H16N2O6S2. The molecule has 0 radical (unpaired) electrons. The molecule has 0 bridgehead atoms. The number of hydrogen-bond acceptors (Lipinski definition) is 5. The molecule has 0 saturated heterocycles. The van der Waals surface area contributed by atoms with E-state index in [1.165, 1.54) is 38.1 Å². The van der Waals surface area contributed by atoms with E-state index in [1.807, 2.05) is 0 Å². The van der Waals surface area contributed by atoms with Crippen LogP contribution >= 0.6 is 0 Å². The molecule has 118 valence electrons. The van der Waals surface area contributed by atoms with Gasteiger partial charge in [0.25, 0.3) is 0 Å². The van der Waals surface area contributed by atoms with Crippen LogP contribution in [0.25, 0.3) is 0 Å². The van der Waals surface area contributed by atoms with Crippen molar-refractivity contribution >= 4 is 31.7 Å². The van der Waals surface area contributed by atoms with Gasteiger partial charge in [-0.25, -0.2) is 16.8 Å². The zero-order chi connectivity index (χ0) is 16.5. The maximum Gasteiger partial charge on any atom is 0.324 e. The number of nitrogens with one attached hydrogen (secondary N) is 2. The van der Waals surface area contributed by atoms with E-state index in [0.29, 0.717) is 0 Å². The SMILES string of the molecule is CC(C)(NS(=O)(=O)c1ccc(NS(C)(=O)=O)cc1)C(=O)O. The number of sulfonamides is 2. The summed E-state index contributed by atoms with van der Waals surface area (Å²) in [4.78, 5) is 10.8. The van der Waals surface area contributed by atoms with Crippen LogP contribution in [0.2, 0.25) is 0 Å². The van der Waals surface area contributed by atoms with Crippen molar-refractivity contribution in [1.82, 2.24) is 4.72 Å². The average Bonchev–Trinajstić information content (AvgIpc) is 2.25. The molecular weight excluding hydrogens is 320 g/mol. The largest absolute Gasteiger partial charge is 0.480 e. The third kappa shape index (κ3) is 4.99. The zero-order valence-electron chi connectivity index (χ0n) is 11.6. The molecule has 8 nitrogen and oxygen atoms in total. The lowest BCUT2D eigenvalue weighted by molar-refractivity contribution is -0.142. The van der Waals surface area contributed by atoms with E-state index in [2.05, 4.69) is 9.44 Å². The maximum absolute atomic E-state index is 12.0. The van der Waals surface area contributed by atoms with Crippen molar-refractivity contribution in [2.24, 2.45) is 0 Å². The van der Waals surface area contributed by atoms with Gasteiger partial charge in [-0.1, -0.05) is 0 Å². The Labute approximate surface area is 123 Å². The first-order chi connectivity index (χ1) is 9.33. The second-order valence-corrected chi connectivity index (χ2v) is 8.37. The van der Waals surface area contributed by atoms with Crippen LogP contribution in [0.4, 0.5) is 5.69 Å². The van der Waals surface area contributed by atoms with Gasteiger partial charge in [0.2, 0.25) is 20.0 Å². The van der Waals surface area contributed by atoms with Gasteiger partial charge in [0.05, 0.1) is 11.2 Å². The first-order valence-corrected chi connectivity index (χ1v) is 9.06. The quantitative estimate of drug-likeness (QED) is 0.680. The van der Waals surface area contributed by atoms with E-state index >= 15 is 0 Å². The lowest BCUT2D eigenvalue weighted by Gasteiger charge is -2.20. The Morgan fingerprint density at radius 2 is 1.57 bits per heavy atom. The molecule has 0 spiro atoms. The Balaban J connectivity index is 3.03. The van der Waals surface area contributed by atoms with Crippen LogP contribution in [0.1, 0.15) is 13.8 Å². The summed E-state index contributed by atoms with van der Waals surface area (Å²) < 4.78 is 50.4. The molecule has 0 saturated carbocycles. The van der Waals surface area contributed by atoms with Gasteiger partial charge in [0, 0.05) is 5.69 Å². The number of carboxylic acids is 1. The van der Waals surface area contributed by atoms with E-state index in [-0.39, 0.29) is 10.6 Å². The predicted octanol–water partition coefficient (Wildman–Crippen LogP) is 0.200. The van der Waals surface area contributed by atoms with E-state index in [0.717, 1.165) is 6.26 Å². The number of carboxylic acid groups (broad SMARTS) is 1. The van der Waals surface area contributed by atoms with Crippen LogP contribution < -0.4 is 9.44 Å². The molecule has 10 heteroatoms. The molecule has 0 fully saturated rings. The van der Waals surface area contributed by atoms with Gasteiger partial charge in [-0.05, 0) is 38.1 Å². The summed E-state index contributed by atoms with van der Waals surface area (Å²) in [6.07, 6.45) is 0.967. The summed E-state index contributed by atoms with van der Waals surface area (Å²) in [6.45, 7) is 2.43. The molecule has 0 unspecified atom stereocenters. The van der Waals surface area contributed by atoms with Crippen LogP contribution in [0, 0.1) is 0 Å². The monoisotopic (exact) mass is 336 g/mol. The first kappa shape index (κ1) is 17.4. The van der Waals surface area contributed by atoms with E-state index < -0.39 is 31.6 Å². The number of anilines is 1. The summed E-state index contributed by atoms with van der Waals surface area (Å²) in [7, 11) is -7.49. The van der Waals surface area contributed by atoms with E-state index in [9.17, 15) is 21.6 Å². The van der Waals surface area contributed by atoms with Gasteiger partial charge in [0.1, 0.15) is 5.54 Å². The van der Waals surface area contributed by atoms with E-state index in [4.69, 9.17) is 5.11 Å². The summed E-state index contributed by atoms with van der Waals surface area (Å²) in [5.41, 5.74) is -1.46. The van der Waals surface area contributed by atoms with Crippen molar-refractivity contribution in [3.05, 3.63) is 24.3 Å². The molecule has 1 rings (SSSR count). The maximum atomic E-state index is 12.0. The number of rotatable bonds is 6. The minimum Gasteiger partial charge on any atom is -0.480 e. The fourth-order valence-corrected chi connectivity index (χ4v) is 3.29. The first-order valence-electron chi connectivity index (χ1n) is 5.69. The topological polar surface area (TPSA) is 130 Å². The Morgan fingerprint density at radius 3 is 1.95 bits per heavy atom. The molecule has 3 N–H and O–H groups in total. The summed E-state index contributed by atoms with van der Waals surface area (Å²) in [6, 6.07) is 4.88. The molecule has 0 aliphatic heterocycles. The molecule has 0 heterocycles. The Hall–Kier alpha value is -1.65. The number of aliphatic carboxylic acids is 1. The summed E-state index contributed by atoms with van der Waals surface area (Å²) in [5.74, 6) is -1.32. The number of benzene rings is 1. The van der Waals surface area contributed by atoms with Crippen LogP contribution in [-0.2, 0) is 24.8 Å². The van der Waals surface area contributed by atoms with Crippen LogP contribution in [0.5, 0.6) is 0 Å². The molecule has 0 aliphatic rings. The molecule has 0 amide bonds. The number of carbonyl (C=O) groups is 1. The van der Waals surface area contributed by atoms with Gasteiger partial charge in [-0.3, -0.25) is 9.52 Å². The highest BCUT2D eigenvalue weighted by molar-refractivity contribution is 7.92. The smallest absolute Gasteiger partial charge is 0.324 e. The highest BCUT2D eigenvalue weighted by Crippen LogP contribution is 2.17. The third-order valence-corrected chi connectivity index (χ3v) is 4.67. The fraction of sp³-hybridized carbons (Fsp3) is 0.364. The molecule has 1 aromatic carbocycles. The highest BCUT2D eigenvalue weighted by atomic mass is 32.2. The van der Waals surface area contributed by atoms with Crippen molar-refractivity contribution in [2.75, 3.05) is 11.0 Å². The standard InChI is InChI=1S/C11H16N2O6S2/c1-11(2,10(14)15)13-21(18,19)9-6-4-8(5-7-9)12-20(3,16)17/h4-7,12-13H,1-3H3,(H,14,15). The minimum atomic E-state index is -4.03. The second-order valence-electron chi connectivity index (χ2n) is 4.93. The lowest BCUT2D eigenvalue weighted by atomic mass is 10.1. The third-order valence-electron chi connectivity index (χ3n) is 2.39.